The molecule has 1 heterocycles. The van der Waals surface area contributed by atoms with Gasteiger partial charge >= 0.3 is 0 Å². The second-order valence-electron chi connectivity index (χ2n) is 7.54. The lowest BCUT2D eigenvalue weighted by Gasteiger charge is -2.65. The number of hydrogen-bond acceptors (Lipinski definition) is 5. The van der Waals surface area contributed by atoms with Crippen LogP contribution in [0, 0.1) is 11.3 Å². The van der Waals surface area contributed by atoms with Crippen LogP contribution >= 0.6 is 12.4 Å². The number of nitrogens with one attached hydrogen (secondary N) is 2. The molecule has 0 spiro atoms. The van der Waals surface area contributed by atoms with E-state index in [4.69, 9.17) is 10.5 Å². The van der Waals surface area contributed by atoms with E-state index in [1.165, 1.54) is 0 Å². The Bertz CT molecular complexity index is 799. The van der Waals surface area contributed by atoms with Gasteiger partial charge in [-0.2, -0.15) is 0 Å². The summed E-state index contributed by atoms with van der Waals surface area (Å²) in [6.45, 7) is 4.63. The number of sulfonamides is 1. The number of carbonyl (C=O) groups excluding carboxylic acids is 1. The van der Waals surface area contributed by atoms with Crippen molar-refractivity contribution in [2.45, 2.75) is 38.3 Å². The maximum atomic E-state index is 13.0. The van der Waals surface area contributed by atoms with Crippen LogP contribution in [-0.4, -0.2) is 38.8 Å². The Labute approximate surface area is 160 Å². The lowest BCUT2D eigenvalue weighted by Crippen LogP contribution is -2.81. The largest absolute Gasteiger partial charge is 0.377 e. The van der Waals surface area contributed by atoms with Gasteiger partial charge in [0.2, 0.25) is 15.9 Å². The molecule has 9 heteroatoms. The van der Waals surface area contributed by atoms with E-state index < -0.39 is 21.0 Å². The van der Waals surface area contributed by atoms with E-state index in [2.05, 4.69) is 10.0 Å². The summed E-state index contributed by atoms with van der Waals surface area (Å²) in [5, 5.41) is 2.84. The first kappa shape index (κ1) is 21.0. The number of carbonyl (C=O) groups is 1. The van der Waals surface area contributed by atoms with Crippen molar-refractivity contribution in [3.63, 3.8) is 0 Å². The lowest BCUT2D eigenvalue weighted by molar-refractivity contribution is -0.222. The van der Waals surface area contributed by atoms with Crippen LogP contribution in [0.1, 0.15) is 26.7 Å². The zero-order valence-corrected chi connectivity index (χ0v) is 16.7. The lowest BCUT2D eigenvalue weighted by atomic mass is 9.46. The second kappa shape index (κ2) is 6.99. The van der Waals surface area contributed by atoms with Crippen LogP contribution in [-0.2, 0) is 19.6 Å². The van der Waals surface area contributed by atoms with Gasteiger partial charge in [-0.15, -0.1) is 12.4 Å². The number of fused-ring (bicyclic) bond motifs is 1. The molecule has 7 nitrogen and oxygen atoms in total. The minimum Gasteiger partial charge on any atom is -0.377 e. The zero-order chi connectivity index (χ0) is 18.5. The van der Waals surface area contributed by atoms with Gasteiger partial charge in [-0.05, 0) is 31.0 Å². The fourth-order valence-corrected chi connectivity index (χ4v) is 4.70. The standard InChI is InChI=1S/C17H25N3O4S.ClH/c1-16(2)14-13(8-5-9-24-14)17(16,18)15(21)19-11-6-4-7-12(10-11)20-25(3,22)23;/h4,6-7,10,13-14,20H,5,8-9,18H2,1-3H3,(H,19,21);1H. The molecule has 3 atom stereocenters. The molecule has 1 aliphatic heterocycles. The summed E-state index contributed by atoms with van der Waals surface area (Å²) in [5.41, 5.74) is 5.97. The van der Waals surface area contributed by atoms with Crippen molar-refractivity contribution >= 4 is 39.7 Å². The Kier molecular flexibility index (Phi) is 5.64. The van der Waals surface area contributed by atoms with Crippen molar-refractivity contribution in [2.75, 3.05) is 22.9 Å². The number of anilines is 2. The summed E-state index contributed by atoms with van der Waals surface area (Å²) >= 11 is 0. The number of ether oxygens (including phenoxy) is 1. The Balaban J connectivity index is 0.00000243. The van der Waals surface area contributed by atoms with Crippen molar-refractivity contribution in [2.24, 2.45) is 17.1 Å². The highest BCUT2D eigenvalue weighted by Gasteiger charge is 2.70. The summed E-state index contributed by atoms with van der Waals surface area (Å²) in [4.78, 5) is 13.0. The minimum absolute atomic E-state index is 0. The van der Waals surface area contributed by atoms with E-state index in [0.717, 1.165) is 19.1 Å². The molecule has 3 rings (SSSR count). The topological polar surface area (TPSA) is 111 Å². The molecule has 2 fully saturated rings. The van der Waals surface area contributed by atoms with Gasteiger partial charge in [0.1, 0.15) is 5.54 Å². The first-order valence-electron chi connectivity index (χ1n) is 8.35. The maximum Gasteiger partial charge on any atom is 0.245 e. The van der Waals surface area contributed by atoms with E-state index in [9.17, 15) is 13.2 Å². The number of hydrogen-bond donors (Lipinski definition) is 3. The van der Waals surface area contributed by atoms with Gasteiger partial charge in [0.25, 0.3) is 0 Å². The molecule has 1 saturated heterocycles. The van der Waals surface area contributed by atoms with E-state index in [1.807, 2.05) is 13.8 Å². The molecule has 0 radical (unpaired) electrons. The highest BCUT2D eigenvalue weighted by molar-refractivity contribution is 7.92. The molecule has 0 bridgehead atoms. The third kappa shape index (κ3) is 3.43. The molecule has 1 aromatic rings. The van der Waals surface area contributed by atoms with Crippen LogP contribution in [0.5, 0.6) is 0 Å². The summed E-state index contributed by atoms with van der Waals surface area (Å²) in [7, 11) is -3.38. The SMILES string of the molecule is CC1(C)C2OCCCC2C1(N)C(=O)Nc1cccc(NS(C)(=O)=O)c1.Cl. The number of halogens is 1. The van der Waals surface area contributed by atoms with Gasteiger partial charge in [-0.25, -0.2) is 8.42 Å². The molecule has 1 aliphatic carbocycles. The van der Waals surface area contributed by atoms with E-state index in [1.54, 1.807) is 24.3 Å². The van der Waals surface area contributed by atoms with Gasteiger partial charge in [0, 0.05) is 23.6 Å². The Morgan fingerprint density at radius 3 is 2.62 bits per heavy atom. The second-order valence-corrected chi connectivity index (χ2v) is 9.29. The van der Waals surface area contributed by atoms with Crippen molar-refractivity contribution < 1.29 is 17.9 Å². The number of rotatable bonds is 4. The van der Waals surface area contributed by atoms with Crippen molar-refractivity contribution in [3.8, 4) is 0 Å². The summed E-state index contributed by atoms with van der Waals surface area (Å²) in [5.74, 6) is -0.269. The van der Waals surface area contributed by atoms with Crippen LogP contribution < -0.4 is 15.8 Å². The number of nitrogens with two attached hydrogens (primary N) is 1. The van der Waals surface area contributed by atoms with Crippen LogP contribution in [0.2, 0.25) is 0 Å². The van der Waals surface area contributed by atoms with Crippen LogP contribution in [0.25, 0.3) is 0 Å². The summed E-state index contributed by atoms with van der Waals surface area (Å²) < 4.78 is 30.9. The average Bonchev–Trinajstić information content (AvgIpc) is 2.52. The Morgan fingerprint density at radius 2 is 1.96 bits per heavy atom. The monoisotopic (exact) mass is 403 g/mol. The Hall–Kier alpha value is -1.35. The first-order valence-corrected chi connectivity index (χ1v) is 10.2. The molecular weight excluding hydrogens is 378 g/mol. The first-order chi connectivity index (χ1) is 11.6. The molecule has 1 amide bonds. The van der Waals surface area contributed by atoms with E-state index in [0.29, 0.717) is 18.0 Å². The molecule has 146 valence electrons. The van der Waals surface area contributed by atoms with Gasteiger partial charge in [0.05, 0.1) is 18.0 Å². The van der Waals surface area contributed by atoms with Crippen molar-refractivity contribution in [1.29, 1.82) is 0 Å². The zero-order valence-electron chi connectivity index (χ0n) is 15.1. The van der Waals surface area contributed by atoms with Gasteiger partial charge in [0.15, 0.2) is 0 Å². The molecule has 1 aromatic carbocycles. The fraction of sp³-hybridized carbons (Fsp3) is 0.588. The molecule has 0 aromatic heterocycles. The summed E-state index contributed by atoms with van der Waals surface area (Å²) in [6.07, 6.45) is 2.84. The number of amides is 1. The fourth-order valence-electron chi connectivity index (χ4n) is 4.15. The quantitative estimate of drug-likeness (QED) is 0.711. The molecule has 1 saturated carbocycles. The molecule has 4 N–H and O–H groups in total. The van der Waals surface area contributed by atoms with Gasteiger partial charge in [-0.3, -0.25) is 9.52 Å². The van der Waals surface area contributed by atoms with E-state index in [-0.39, 0.29) is 30.3 Å². The summed E-state index contributed by atoms with van der Waals surface area (Å²) in [6, 6.07) is 6.57. The van der Waals surface area contributed by atoms with Crippen LogP contribution in [0.15, 0.2) is 24.3 Å². The van der Waals surface area contributed by atoms with Crippen LogP contribution in [0.4, 0.5) is 11.4 Å². The third-order valence-electron chi connectivity index (χ3n) is 5.48. The van der Waals surface area contributed by atoms with Crippen LogP contribution in [0.3, 0.4) is 0 Å². The molecule has 3 unspecified atom stereocenters. The molecular formula is C17H26ClN3O4S. The average molecular weight is 404 g/mol. The van der Waals surface area contributed by atoms with Crippen molar-refractivity contribution in [3.05, 3.63) is 24.3 Å². The van der Waals surface area contributed by atoms with E-state index >= 15 is 0 Å². The Morgan fingerprint density at radius 1 is 1.31 bits per heavy atom. The molecule has 26 heavy (non-hydrogen) atoms. The predicted molar refractivity (Wildman–Crippen MR) is 104 cm³/mol. The highest BCUT2D eigenvalue weighted by Crippen LogP contribution is 2.57. The smallest absolute Gasteiger partial charge is 0.245 e. The minimum atomic E-state index is -3.38. The predicted octanol–water partition coefficient (Wildman–Crippen LogP) is 1.95. The normalized spacial score (nSPS) is 29.5. The van der Waals surface area contributed by atoms with Gasteiger partial charge in [-0.1, -0.05) is 19.9 Å². The highest BCUT2D eigenvalue weighted by atomic mass is 35.5. The number of benzene rings is 1. The van der Waals surface area contributed by atoms with Gasteiger partial charge < -0.3 is 15.8 Å². The molecule has 2 aliphatic rings. The third-order valence-corrected chi connectivity index (χ3v) is 6.09. The maximum absolute atomic E-state index is 13.0. The van der Waals surface area contributed by atoms with Crippen molar-refractivity contribution in [1.82, 2.24) is 0 Å².